The van der Waals surface area contributed by atoms with E-state index in [1.807, 2.05) is 11.8 Å². The highest BCUT2D eigenvalue weighted by molar-refractivity contribution is 7.19. The van der Waals surface area contributed by atoms with Crippen molar-refractivity contribution in [3.8, 4) is 11.5 Å². The number of nitrogens with zero attached hydrogens (tertiary/aromatic N) is 6. The monoisotopic (exact) mass is 380 g/mol. The summed E-state index contributed by atoms with van der Waals surface area (Å²) in [5.41, 5.74) is 2.04. The fourth-order valence-corrected chi connectivity index (χ4v) is 5.17. The highest BCUT2D eigenvalue weighted by Crippen LogP contribution is 2.41. The Hall–Kier alpha value is -2.61. The first kappa shape index (κ1) is 16.6. The molecule has 3 aromatic heterocycles. The highest BCUT2D eigenvalue weighted by Gasteiger charge is 2.31. The number of hydrogen-bond donors (Lipinski definition) is 0. The minimum atomic E-state index is 0.148. The second-order valence-corrected chi connectivity index (χ2v) is 8.03. The second kappa shape index (κ2) is 6.53. The molecule has 8 heteroatoms. The van der Waals surface area contributed by atoms with Gasteiger partial charge in [0.05, 0.1) is 18.3 Å². The predicted octanol–water partition coefficient (Wildman–Crippen LogP) is 2.65. The van der Waals surface area contributed by atoms with Gasteiger partial charge in [-0.2, -0.15) is 0 Å². The standard InChI is InChI=1S/C19H20N6OS/c1-2-24-11-25(10-15(24)26)18-16-12-5-3-4-6-14(12)27-19(16)23-17(22-18)13-9-20-7-8-21-13/h7-9H,2-6,10-11H2,1H3. The molecule has 0 radical (unpaired) electrons. The van der Waals surface area contributed by atoms with Crippen molar-refractivity contribution in [3.63, 3.8) is 0 Å². The fourth-order valence-electron chi connectivity index (χ4n) is 3.91. The smallest absolute Gasteiger partial charge is 0.243 e. The Kier molecular flexibility index (Phi) is 4.00. The Morgan fingerprint density at radius 3 is 2.85 bits per heavy atom. The van der Waals surface area contributed by atoms with Crippen molar-refractivity contribution in [2.24, 2.45) is 0 Å². The van der Waals surface area contributed by atoms with Crippen molar-refractivity contribution in [2.45, 2.75) is 32.6 Å². The molecule has 0 saturated carbocycles. The van der Waals surface area contributed by atoms with E-state index in [1.165, 1.54) is 23.3 Å². The maximum absolute atomic E-state index is 12.3. The van der Waals surface area contributed by atoms with Crippen LogP contribution in [0, 0.1) is 0 Å². The van der Waals surface area contributed by atoms with Crippen molar-refractivity contribution in [1.29, 1.82) is 0 Å². The van der Waals surface area contributed by atoms with Crippen molar-refractivity contribution >= 4 is 33.3 Å². The van der Waals surface area contributed by atoms with Gasteiger partial charge < -0.3 is 9.80 Å². The number of anilines is 1. The first-order chi connectivity index (χ1) is 13.2. The molecule has 0 bridgehead atoms. The lowest BCUT2D eigenvalue weighted by atomic mass is 9.97. The number of carbonyl (C=O) groups is 1. The zero-order valence-electron chi connectivity index (χ0n) is 15.2. The minimum Gasteiger partial charge on any atom is -0.329 e. The van der Waals surface area contributed by atoms with Gasteiger partial charge in [0.2, 0.25) is 5.91 Å². The zero-order valence-corrected chi connectivity index (χ0v) is 16.0. The summed E-state index contributed by atoms with van der Waals surface area (Å²) in [6.07, 6.45) is 9.58. The first-order valence-electron chi connectivity index (χ1n) is 9.36. The SMILES string of the molecule is CCN1CN(c2nc(-c3cnccn3)nc3sc4c(c23)CCCC4)CC1=O. The largest absolute Gasteiger partial charge is 0.329 e. The van der Waals surface area contributed by atoms with Gasteiger partial charge in [-0.25, -0.2) is 15.0 Å². The third kappa shape index (κ3) is 2.75. The average molecular weight is 380 g/mol. The number of thiophene rings is 1. The van der Waals surface area contributed by atoms with Crippen LogP contribution in [0.5, 0.6) is 0 Å². The van der Waals surface area contributed by atoms with E-state index in [-0.39, 0.29) is 5.91 Å². The van der Waals surface area contributed by atoms with Gasteiger partial charge in [0, 0.05) is 23.8 Å². The van der Waals surface area contributed by atoms with Crippen molar-refractivity contribution < 1.29 is 4.79 Å². The lowest BCUT2D eigenvalue weighted by Crippen LogP contribution is -2.27. The Balaban J connectivity index is 1.71. The summed E-state index contributed by atoms with van der Waals surface area (Å²) < 4.78 is 0. The lowest BCUT2D eigenvalue weighted by molar-refractivity contribution is -0.126. The van der Waals surface area contributed by atoms with Gasteiger partial charge in [-0.05, 0) is 38.2 Å². The van der Waals surface area contributed by atoms with Crippen molar-refractivity contribution in [3.05, 3.63) is 29.0 Å². The Morgan fingerprint density at radius 2 is 2.07 bits per heavy atom. The number of amides is 1. The second-order valence-electron chi connectivity index (χ2n) is 6.94. The number of hydrogen-bond acceptors (Lipinski definition) is 7. The van der Waals surface area contributed by atoms with E-state index in [9.17, 15) is 4.79 Å². The molecule has 0 N–H and O–H groups in total. The van der Waals surface area contributed by atoms with E-state index < -0.39 is 0 Å². The van der Waals surface area contributed by atoms with E-state index in [2.05, 4.69) is 14.9 Å². The molecule has 3 aromatic rings. The number of fused-ring (bicyclic) bond motifs is 3. The van der Waals surface area contributed by atoms with Crippen LogP contribution in [-0.2, 0) is 17.6 Å². The van der Waals surface area contributed by atoms with Crippen LogP contribution in [0.4, 0.5) is 5.82 Å². The summed E-state index contributed by atoms with van der Waals surface area (Å²) in [4.78, 5) is 36.9. The van der Waals surface area contributed by atoms with Gasteiger partial charge in [-0.1, -0.05) is 0 Å². The molecule has 7 nitrogen and oxygen atoms in total. The molecule has 0 unspecified atom stereocenters. The molecular weight excluding hydrogens is 360 g/mol. The van der Waals surface area contributed by atoms with Gasteiger partial charge in [0.25, 0.3) is 0 Å². The van der Waals surface area contributed by atoms with Gasteiger partial charge >= 0.3 is 0 Å². The lowest BCUT2D eigenvalue weighted by Gasteiger charge is -2.20. The molecule has 1 aliphatic heterocycles. The molecule has 2 aliphatic rings. The predicted molar refractivity (Wildman–Crippen MR) is 105 cm³/mol. The quantitative estimate of drug-likeness (QED) is 0.695. The highest BCUT2D eigenvalue weighted by atomic mass is 32.1. The number of rotatable bonds is 3. The molecule has 27 heavy (non-hydrogen) atoms. The third-order valence-electron chi connectivity index (χ3n) is 5.29. The molecule has 1 aliphatic carbocycles. The van der Waals surface area contributed by atoms with Gasteiger partial charge in [0.1, 0.15) is 22.9 Å². The van der Waals surface area contributed by atoms with Crippen molar-refractivity contribution in [2.75, 3.05) is 24.7 Å². The minimum absolute atomic E-state index is 0.148. The first-order valence-corrected chi connectivity index (χ1v) is 10.2. The molecular formula is C19H20N6OS. The van der Waals surface area contributed by atoms with E-state index in [0.29, 0.717) is 31.3 Å². The van der Waals surface area contributed by atoms with E-state index in [4.69, 9.17) is 9.97 Å². The van der Waals surface area contributed by atoms with Crippen LogP contribution in [0.2, 0.25) is 0 Å². The summed E-state index contributed by atoms with van der Waals surface area (Å²) in [6, 6.07) is 0. The Bertz CT molecular complexity index is 1020. The normalized spacial score (nSPS) is 17.0. The van der Waals surface area contributed by atoms with E-state index in [0.717, 1.165) is 28.9 Å². The summed E-state index contributed by atoms with van der Waals surface area (Å²) in [6.45, 7) is 3.66. The average Bonchev–Trinajstić information content (AvgIpc) is 3.27. The molecule has 5 rings (SSSR count). The molecule has 0 atom stereocenters. The number of carbonyl (C=O) groups excluding carboxylic acids is 1. The van der Waals surface area contributed by atoms with E-state index >= 15 is 0 Å². The van der Waals surface area contributed by atoms with Crippen LogP contribution in [0.3, 0.4) is 0 Å². The number of likely N-dealkylation sites (N-methyl/N-ethyl adjacent to an activating group) is 1. The Labute approximate surface area is 161 Å². The van der Waals surface area contributed by atoms with Crippen LogP contribution >= 0.6 is 11.3 Å². The summed E-state index contributed by atoms with van der Waals surface area (Å²) in [7, 11) is 0. The van der Waals surface area contributed by atoms with Crippen LogP contribution in [0.25, 0.3) is 21.7 Å². The Morgan fingerprint density at radius 1 is 1.19 bits per heavy atom. The van der Waals surface area contributed by atoms with Gasteiger partial charge in [-0.15, -0.1) is 11.3 Å². The third-order valence-corrected chi connectivity index (χ3v) is 6.48. The maximum atomic E-state index is 12.3. The van der Waals surface area contributed by atoms with Crippen LogP contribution in [-0.4, -0.2) is 50.5 Å². The summed E-state index contributed by atoms with van der Waals surface area (Å²) in [5.74, 6) is 1.59. The number of aryl methyl sites for hydroxylation is 2. The number of aromatic nitrogens is 4. The van der Waals surface area contributed by atoms with Crippen LogP contribution in [0.15, 0.2) is 18.6 Å². The fraction of sp³-hybridized carbons (Fsp3) is 0.421. The van der Waals surface area contributed by atoms with Crippen LogP contribution in [0.1, 0.15) is 30.2 Å². The van der Waals surface area contributed by atoms with Crippen LogP contribution < -0.4 is 4.90 Å². The maximum Gasteiger partial charge on any atom is 0.243 e. The zero-order chi connectivity index (χ0) is 18.4. The topological polar surface area (TPSA) is 75.1 Å². The molecule has 138 valence electrons. The molecule has 0 spiro atoms. The van der Waals surface area contributed by atoms with E-state index in [1.54, 1.807) is 29.9 Å². The molecule has 1 amide bonds. The molecule has 1 fully saturated rings. The van der Waals surface area contributed by atoms with Gasteiger partial charge in [0.15, 0.2) is 5.82 Å². The summed E-state index contributed by atoms with van der Waals surface area (Å²) in [5, 5.41) is 1.13. The molecule has 0 aromatic carbocycles. The molecule has 4 heterocycles. The molecule has 1 saturated heterocycles. The van der Waals surface area contributed by atoms with Crippen molar-refractivity contribution in [1.82, 2.24) is 24.8 Å². The van der Waals surface area contributed by atoms with Gasteiger partial charge in [-0.3, -0.25) is 9.78 Å². The summed E-state index contributed by atoms with van der Waals surface area (Å²) >= 11 is 1.76.